The van der Waals surface area contributed by atoms with Crippen LogP contribution >= 0.6 is 0 Å². The Morgan fingerprint density at radius 2 is 2.06 bits per heavy atom. The molecule has 0 aromatic rings. The van der Waals surface area contributed by atoms with Gasteiger partial charge in [0.05, 0.1) is 11.5 Å². The predicted octanol–water partition coefficient (Wildman–Crippen LogP) is 0.319. The van der Waals surface area contributed by atoms with Gasteiger partial charge in [-0.2, -0.15) is 5.26 Å². The fourth-order valence-corrected chi connectivity index (χ4v) is 2.18. The molecule has 2 N–H and O–H groups in total. The van der Waals surface area contributed by atoms with Gasteiger partial charge in [0.15, 0.2) is 5.25 Å². The maximum Gasteiger partial charge on any atom is 0.310 e. The van der Waals surface area contributed by atoms with E-state index in [-0.39, 0.29) is 13.0 Å². The lowest BCUT2D eigenvalue weighted by Gasteiger charge is -2.20. The topological polar surface area (TPSA) is 107 Å². The minimum absolute atomic E-state index is 0.166. The van der Waals surface area contributed by atoms with E-state index in [1.807, 2.05) is 0 Å². The van der Waals surface area contributed by atoms with Gasteiger partial charge < -0.3 is 5.11 Å². The number of carbonyl (C=O) groups is 1. The smallest absolute Gasteiger partial charge is 0.310 e. The molecule has 0 heterocycles. The summed E-state index contributed by atoms with van der Waals surface area (Å²) in [5, 5.41) is 16.3. The monoisotopic (exact) mass is 248 g/mol. The van der Waals surface area contributed by atoms with Crippen LogP contribution in [0.5, 0.6) is 0 Å². The number of nitrogens with one attached hydrogen (secondary N) is 1. The van der Waals surface area contributed by atoms with Gasteiger partial charge in [0, 0.05) is 6.54 Å². The zero-order valence-electron chi connectivity index (χ0n) is 9.52. The first-order valence-electron chi connectivity index (χ1n) is 4.79. The van der Waals surface area contributed by atoms with Gasteiger partial charge in [-0.3, -0.25) is 4.79 Å². The number of carboxylic acids is 1. The van der Waals surface area contributed by atoms with Gasteiger partial charge >= 0.3 is 5.97 Å². The van der Waals surface area contributed by atoms with E-state index in [0.29, 0.717) is 0 Å². The Hall–Kier alpha value is -1.13. The van der Waals surface area contributed by atoms with Gasteiger partial charge in [-0.25, -0.2) is 13.1 Å². The largest absolute Gasteiger partial charge is 0.481 e. The second-order valence-corrected chi connectivity index (χ2v) is 6.03. The first-order chi connectivity index (χ1) is 7.17. The zero-order valence-corrected chi connectivity index (χ0v) is 10.3. The van der Waals surface area contributed by atoms with Gasteiger partial charge in [-0.05, 0) is 20.3 Å². The highest BCUT2D eigenvalue weighted by molar-refractivity contribution is 7.90. The summed E-state index contributed by atoms with van der Waals surface area (Å²) in [5.41, 5.74) is -1.19. The molecular weight excluding hydrogens is 232 g/mol. The van der Waals surface area contributed by atoms with E-state index in [1.165, 1.54) is 13.8 Å². The van der Waals surface area contributed by atoms with E-state index in [9.17, 15) is 13.2 Å². The molecule has 0 bridgehead atoms. The molecule has 0 aliphatic carbocycles. The average molecular weight is 248 g/mol. The molecule has 1 atom stereocenters. The van der Waals surface area contributed by atoms with E-state index >= 15 is 0 Å². The van der Waals surface area contributed by atoms with Crippen molar-refractivity contribution < 1.29 is 18.3 Å². The van der Waals surface area contributed by atoms with Crippen molar-refractivity contribution in [1.29, 1.82) is 5.26 Å². The van der Waals surface area contributed by atoms with Crippen molar-refractivity contribution in [2.75, 3.05) is 6.54 Å². The fraction of sp³-hybridized carbons (Fsp3) is 0.778. The molecule has 0 aliphatic heterocycles. The van der Waals surface area contributed by atoms with Crippen molar-refractivity contribution in [3.8, 4) is 6.07 Å². The molecule has 0 aromatic carbocycles. The first-order valence-corrected chi connectivity index (χ1v) is 6.33. The summed E-state index contributed by atoms with van der Waals surface area (Å²) in [5.74, 6) is -1.10. The molecule has 1 unspecified atom stereocenters. The van der Waals surface area contributed by atoms with Crippen LogP contribution in [0, 0.1) is 16.7 Å². The molecule has 7 heteroatoms. The summed E-state index contributed by atoms with van der Waals surface area (Å²) in [4.78, 5) is 10.7. The minimum Gasteiger partial charge on any atom is -0.481 e. The van der Waals surface area contributed by atoms with Gasteiger partial charge in [0.2, 0.25) is 10.0 Å². The van der Waals surface area contributed by atoms with Crippen molar-refractivity contribution in [2.24, 2.45) is 5.41 Å². The van der Waals surface area contributed by atoms with Crippen LogP contribution < -0.4 is 4.72 Å². The number of nitrogens with zero attached hydrogens (tertiary/aromatic N) is 1. The van der Waals surface area contributed by atoms with Crippen LogP contribution in [0.4, 0.5) is 0 Å². The van der Waals surface area contributed by atoms with Crippen LogP contribution in [-0.4, -0.2) is 31.3 Å². The molecule has 0 saturated carbocycles. The van der Waals surface area contributed by atoms with Crippen LogP contribution in [0.25, 0.3) is 0 Å². The summed E-state index contributed by atoms with van der Waals surface area (Å²) in [6.07, 6.45) is 0.166. The lowest BCUT2D eigenvalue weighted by Crippen LogP contribution is -2.42. The second kappa shape index (κ2) is 5.27. The zero-order chi connectivity index (χ0) is 13.0. The third-order valence-electron chi connectivity index (χ3n) is 2.18. The number of sulfonamides is 1. The fourth-order valence-electron chi connectivity index (χ4n) is 0.837. The Balaban J connectivity index is 4.66. The summed E-state index contributed by atoms with van der Waals surface area (Å²) in [6, 6.07) is 1.66. The summed E-state index contributed by atoms with van der Waals surface area (Å²) in [6.45, 7) is 4.16. The van der Waals surface area contributed by atoms with E-state index in [4.69, 9.17) is 10.4 Å². The average Bonchev–Trinajstić information content (AvgIpc) is 2.16. The molecule has 6 nitrogen and oxygen atoms in total. The number of hydrogen-bond acceptors (Lipinski definition) is 4. The summed E-state index contributed by atoms with van der Waals surface area (Å²) in [7, 11) is -3.76. The van der Waals surface area contributed by atoms with Crippen LogP contribution in [0.1, 0.15) is 27.2 Å². The van der Waals surface area contributed by atoms with Crippen molar-refractivity contribution in [1.82, 2.24) is 4.72 Å². The highest BCUT2D eigenvalue weighted by Crippen LogP contribution is 2.14. The highest BCUT2D eigenvalue weighted by atomic mass is 32.2. The number of carboxylic acid groups (broad SMARTS) is 1. The highest BCUT2D eigenvalue weighted by Gasteiger charge is 2.31. The molecule has 92 valence electrons. The van der Waals surface area contributed by atoms with E-state index < -0.39 is 26.7 Å². The van der Waals surface area contributed by atoms with Crippen LogP contribution in [0.15, 0.2) is 0 Å². The number of nitriles is 1. The first kappa shape index (κ1) is 14.9. The predicted molar refractivity (Wildman–Crippen MR) is 58.0 cm³/mol. The molecule has 0 spiro atoms. The minimum atomic E-state index is -3.76. The Kier molecular flexibility index (Phi) is 4.90. The molecule has 0 radical (unpaired) electrons. The Morgan fingerprint density at radius 3 is 2.38 bits per heavy atom. The van der Waals surface area contributed by atoms with Crippen LogP contribution in [-0.2, 0) is 14.8 Å². The van der Waals surface area contributed by atoms with E-state index in [2.05, 4.69) is 4.72 Å². The Bertz CT molecular complexity index is 394. The maximum atomic E-state index is 11.5. The molecule has 0 rings (SSSR count). The normalized spacial score (nSPS) is 14.1. The van der Waals surface area contributed by atoms with Crippen LogP contribution in [0.2, 0.25) is 0 Å². The van der Waals surface area contributed by atoms with E-state index in [0.717, 1.165) is 0 Å². The van der Waals surface area contributed by atoms with Gasteiger partial charge in [0.1, 0.15) is 0 Å². The number of aliphatic carboxylic acids is 1. The lowest BCUT2D eigenvalue weighted by atomic mass is 9.95. The molecular formula is C9H16N2O4S. The SMILES string of the molecule is CCC(C#N)S(=O)(=O)NCC(C)(C)C(=O)O. The van der Waals surface area contributed by atoms with Crippen molar-refractivity contribution in [2.45, 2.75) is 32.4 Å². The molecule has 0 aliphatic rings. The Morgan fingerprint density at radius 1 is 1.56 bits per heavy atom. The van der Waals surface area contributed by atoms with E-state index in [1.54, 1.807) is 13.0 Å². The third-order valence-corrected chi connectivity index (χ3v) is 3.92. The quantitative estimate of drug-likeness (QED) is 0.703. The molecule has 0 aromatic heterocycles. The molecule has 16 heavy (non-hydrogen) atoms. The number of rotatable bonds is 6. The maximum absolute atomic E-state index is 11.5. The number of hydrogen-bond donors (Lipinski definition) is 2. The third kappa shape index (κ3) is 3.79. The van der Waals surface area contributed by atoms with Gasteiger partial charge in [-0.15, -0.1) is 0 Å². The Labute approximate surface area is 95.3 Å². The van der Waals surface area contributed by atoms with Crippen LogP contribution in [0.3, 0.4) is 0 Å². The molecule has 0 amide bonds. The van der Waals surface area contributed by atoms with Gasteiger partial charge in [-0.1, -0.05) is 6.92 Å². The standard InChI is InChI=1S/C9H16N2O4S/c1-4-7(5-10)16(14,15)11-6-9(2,3)8(12)13/h7,11H,4,6H2,1-3H3,(H,12,13). The molecule has 0 fully saturated rings. The second-order valence-electron chi connectivity index (χ2n) is 4.08. The van der Waals surface area contributed by atoms with Crippen molar-refractivity contribution in [3.05, 3.63) is 0 Å². The van der Waals surface area contributed by atoms with Gasteiger partial charge in [0.25, 0.3) is 0 Å². The van der Waals surface area contributed by atoms with Crippen molar-refractivity contribution in [3.63, 3.8) is 0 Å². The lowest BCUT2D eigenvalue weighted by molar-refractivity contribution is -0.146. The van der Waals surface area contributed by atoms with Crippen molar-refractivity contribution >= 4 is 16.0 Å². The summed E-state index contributed by atoms with van der Waals surface area (Å²) >= 11 is 0. The molecule has 0 saturated heterocycles. The summed E-state index contributed by atoms with van der Waals surface area (Å²) < 4.78 is 25.2.